The monoisotopic (exact) mass is 531 g/mol. The molecule has 2 aliphatic rings. The van der Waals surface area contributed by atoms with E-state index in [4.69, 9.17) is 9.47 Å². The van der Waals surface area contributed by atoms with Crippen LogP contribution in [0.1, 0.15) is 29.8 Å². The largest absolute Gasteiger partial charge is 0.444 e. The van der Waals surface area contributed by atoms with Crippen LogP contribution in [0.3, 0.4) is 0 Å². The van der Waals surface area contributed by atoms with E-state index in [1.54, 1.807) is 16.0 Å². The quantitative estimate of drug-likeness (QED) is 0.494. The van der Waals surface area contributed by atoms with Crippen molar-refractivity contribution < 1.29 is 32.2 Å². The van der Waals surface area contributed by atoms with Gasteiger partial charge in [0.15, 0.2) is 11.4 Å². The zero-order valence-corrected chi connectivity index (χ0v) is 20.1. The normalized spacial score (nSPS) is 16.1. The molecule has 0 radical (unpaired) electrons. The molecule has 5 rings (SSSR count). The van der Waals surface area contributed by atoms with Gasteiger partial charge in [0.05, 0.1) is 18.2 Å². The minimum Gasteiger partial charge on any atom is -0.444 e. The molecule has 2 aromatic heterocycles. The molecule has 0 saturated carbocycles. The van der Waals surface area contributed by atoms with E-state index in [1.807, 2.05) is 24.3 Å². The van der Waals surface area contributed by atoms with Gasteiger partial charge < -0.3 is 24.7 Å². The highest BCUT2D eigenvalue weighted by atomic mass is 19.4. The number of piperidine rings is 1. The van der Waals surface area contributed by atoms with Gasteiger partial charge in [0, 0.05) is 49.6 Å². The summed E-state index contributed by atoms with van der Waals surface area (Å²) < 4.78 is 51.5. The number of fused-ring (bicyclic) bond motifs is 1. The zero-order valence-electron chi connectivity index (χ0n) is 20.1. The lowest BCUT2D eigenvalue weighted by atomic mass is 10.0. The lowest BCUT2D eigenvalue weighted by Crippen LogP contribution is -2.49. The molecule has 0 aliphatic carbocycles. The third kappa shape index (κ3) is 5.48. The van der Waals surface area contributed by atoms with E-state index in [9.17, 15) is 22.8 Å². The average molecular weight is 531 g/mol. The first-order valence-corrected chi connectivity index (χ1v) is 12.0. The van der Waals surface area contributed by atoms with Crippen molar-refractivity contribution in [3.05, 3.63) is 59.9 Å². The second-order valence-electron chi connectivity index (χ2n) is 8.80. The van der Waals surface area contributed by atoms with E-state index < -0.39 is 29.8 Å². The lowest BCUT2D eigenvalue weighted by Gasteiger charge is -2.40. The fourth-order valence-electron chi connectivity index (χ4n) is 4.49. The number of rotatable bonds is 6. The van der Waals surface area contributed by atoms with Gasteiger partial charge in [0.2, 0.25) is 5.95 Å². The molecule has 2 aliphatic heterocycles. The van der Waals surface area contributed by atoms with Crippen molar-refractivity contribution in [2.24, 2.45) is 0 Å². The standard InChI is InChI=1S/C24H24F3N7O4/c25-24(26,27)20-19(38-22(35)29-8-5-16-11-28-14-31-16)12-30-21(32-20)33-9-6-17(7-10-33)34-18-4-2-1-3-15(18)13-37-23(34)36/h1-4,11-12,14,17H,5-10,13H2,(H,28,31)(H,29,35). The fraction of sp³-hybridized carbons (Fsp3) is 0.375. The van der Waals surface area contributed by atoms with Gasteiger partial charge in [-0.3, -0.25) is 4.90 Å². The maximum atomic E-state index is 13.8. The number of nitrogens with one attached hydrogen (secondary N) is 2. The second kappa shape index (κ2) is 10.6. The number of alkyl halides is 3. The number of benzene rings is 1. The van der Waals surface area contributed by atoms with E-state index in [1.165, 1.54) is 6.33 Å². The van der Waals surface area contributed by atoms with Crippen LogP contribution in [-0.2, 0) is 23.9 Å². The number of nitrogens with zero attached hydrogens (tertiary/aromatic N) is 5. The SMILES string of the molecule is O=C(NCCc1cnc[nH]1)Oc1cnc(N2CCC(N3C(=O)OCc4ccccc43)CC2)nc1C(F)(F)F. The van der Waals surface area contributed by atoms with E-state index >= 15 is 0 Å². The van der Waals surface area contributed by atoms with Crippen molar-refractivity contribution in [3.8, 4) is 5.75 Å². The first-order chi connectivity index (χ1) is 18.3. The van der Waals surface area contributed by atoms with Gasteiger partial charge in [-0.2, -0.15) is 13.2 Å². The highest BCUT2D eigenvalue weighted by Gasteiger charge is 2.39. The Morgan fingerprint density at radius 2 is 2.00 bits per heavy atom. The number of cyclic esters (lactones) is 1. The van der Waals surface area contributed by atoms with Gasteiger partial charge in [-0.25, -0.2) is 24.5 Å². The molecule has 2 amide bonds. The number of carbonyl (C=O) groups excluding carboxylic acids is 2. The maximum Gasteiger partial charge on any atom is 0.437 e. The summed E-state index contributed by atoms with van der Waals surface area (Å²) in [4.78, 5) is 42.2. The number of ether oxygens (including phenoxy) is 2. The number of carbonyl (C=O) groups is 2. The van der Waals surface area contributed by atoms with Gasteiger partial charge in [-0.1, -0.05) is 18.2 Å². The predicted octanol–water partition coefficient (Wildman–Crippen LogP) is 3.68. The van der Waals surface area contributed by atoms with Gasteiger partial charge in [-0.05, 0) is 18.9 Å². The van der Waals surface area contributed by atoms with Gasteiger partial charge >= 0.3 is 18.4 Å². The Morgan fingerprint density at radius 1 is 1.21 bits per heavy atom. The Morgan fingerprint density at radius 3 is 2.74 bits per heavy atom. The minimum absolute atomic E-state index is 0.130. The van der Waals surface area contributed by atoms with Crippen LogP contribution in [0.4, 0.5) is 34.4 Å². The molecule has 11 nitrogen and oxygen atoms in total. The number of amides is 2. The van der Waals surface area contributed by atoms with Crippen LogP contribution in [0.25, 0.3) is 0 Å². The number of anilines is 2. The molecule has 2 N–H and O–H groups in total. The zero-order chi connectivity index (χ0) is 26.7. The van der Waals surface area contributed by atoms with E-state index in [0.29, 0.717) is 32.4 Å². The number of hydrogen-bond donors (Lipinski definition) is 2. The molecule has 0 bridgehead atoms. The molecule has 38 heavy (non-hydrogen) atoms. The molecule has 4 heterocycles. The highest BCUT2D eigenvalue weighted by molar-refractivity contribution is 5.91. The van der Waals surface area contributed by atoms with E-state index in [-0.39, 0.29) is 25.1 Å². The number of aromatic nitrogens is 4. The Hall–Kier alpha value is -4.36. The van der Waals surface area contributed by atoms with Gasteiger partial charge in [-0.15, -0.1) is 0 Å². The van der Waals surface area contributed by atoms with Crippen LogP contribution in [-0.4, -0.2) is 57.8 Å². The molecule has 3 aromatic rings. The molecule has 14 heteroatoms. The van der Waals surface area contributed by atoms with Crippen molar-refractivity contribution >= 4 is 23.8 Å². The Balaban J connectivity index is 1.24. The van der Waals surface area contributed by atoms with E-state index in [2.05, 4.69) is 25.3 Å². The molecule has 200 valence electrons. The summed E-state index contributed by atoms with van der Waals surface area (Å²) in [5.41, 5.74) is 1.08. The molecular weight excluding hydrogens is 507 g/mol. The number of para-hydroxylation sites is 1. The van der Waals surface area contributed by atoms with E-state index in [0.717, 1.165) is 23.1 Å². The third-order valence-corrected chi connectivity index (χ3v) is 6.34. The summed E-state index contributed by atoms with van der Waals surface area (Å²) in [5.74, 6) is -0.924. The smallest absolute Gasteiger partial charge is 0.437 e. The van der Waals surface area contributed by atoms with Crippen LogP contribution in [0.15, 0.2) is 43.0 Å². The maximum absolute atomic E-state index is 13.8. The van der Waals surface area contributed by atoms with Crippen molar-refractivity contribution in [2.75, 3.05) is 29.4 Å². The van der Waals surface area contributed by atoms with Crippen LogP contribution in [0.5, 0.6) is 5.75 Å². The summed E-state index contributed by atoms with van der Waals surface area (Å²) >= 11 is 0. The second-order valence-corrected chi connectivity index (χ2v) is 8.80. The number of imidazole rings is 1. The average Bonchev–Trinajstić information content (AvgIpc) is 3.42. The summed E-state index contributed by atoms with van der Waals surface area (Å²) in [7, 11) is 0. The number of halogens is 3. The molecule has 0 spiro atoms. The van der Waals surface area contributed by atoms with Crippen molar-refractivity contribution in [3.63, 3.8) is 0 Å². The van der Waals surface area contributed by atoms with Crippen molar-refractivity contribution in [2.45, 2.75) is 38.1 Å². The summed E-state index contributed by atoms with van der Waals surface area (Å²) in [6.07, 6.45) is -1.12. The number of hydrogen-bond acceptors (Lipinski definition) is 8. The number of H-pyrrole nitrogens is 1. The Labute approximate surface area is 215 Å². The van der Waals surface area contributed by atoms with Gasteiger partial charge in [0.25, 0.3) is 0 Å². The van der Waals surface area contributed by atoms with Crippen molar-refractivity contribution in [1.29, 1.82) is 0 Å². The summed E-state index contributed by atoms with van der Waals surface area (Å²) in [6.45, 7) is 0.977. The molecule has 0 atom stereocenters. The molecule has 1 saturated heterocycles. The topological polar surface area (TPSA) is 126 Å². The molecule has 1 fully saturated rings. The van der Waals surface area contributed by atoms with Crippen LogP contribution in [0.2, 0.25) is 0 Å². The fourth-order valence-corrected chi connectivity index (χ4v) is 4.49. The van der Waals surface area contributed by atoms with Crippen LogP contribution < -0.4 is 19.9 Å². The molecular formula is C24H24F3N7O4. The predicted molar refractivity (Wildman–Crippen MR) is 128 cm³/mol. The minimum atomic E-state index is -4.87. The Bertz CT molecular complexity index is 1290. The van der Waals surface area contributed by atoms with Crippen LogP contribution in [0, 0.1) is 0 Å². The third-order valence-electron chi connectivity index (χ3n) is 6.34. The van der Waals surface area contributed by atoms with Crippen LogP contribution >= 0.6 is 0 Å². The lowest BCUT2D eigenvalue weighted by molar-refractivity contribution is -0.142. The summed E-state index contributed by atoms with van der Waals surface area (Å²) in [5, 5.41) is 2.39. The number of aromatic amines is 1. The molecule has 1 aromatic carbocycles. The first kappa shape index (κ1) is 25.3. The Kier molecular flexibility index (Phi) is 7.03. The van der Waals surface area contributed by atoms with Crippen molar-refractivity contribution in [1.82, 2.24) is 25.3 Å². The first-order valence-electron chi connectivity index (χ1n) is 12.0. The van der Waals surface area contributed by atoms with Gasteiger partial charge in [0.1, 0.15) is 6.61 Å². The summed E-state index contributed by atoms with van der Waals surface area (Å²) in [6, 6.07) is 7.27. The highest BCUT2D eigenvalue weighted by Crippen LogP contribution is 2.36. The molecule has 0 unspecified atom stereocenters.